The minimum Gasteiger partial charge on any atom is -0.302 e. The van der Waals surface area contributed by atoms with Gasteiger partial charge >= 0.3 is 0 Å². The number of benzene rings is 1. The van der Waals surface area contributed by atoms with E-state index in [2.05, 4.69) is 10.3 Å². The number of anilines is 1. The molecule has 0 saturated heterocycles. The Hall–Kier alpha value is -1.87. The Morgan fingerprint density at radius 3 is 2.65 bits per heavy atom. The third-order valence-electron chi connectivity index (χ3n) is 4.39. The van der Waals surface area contributed by atoms with Gasteiger partial charge in [0, 0.05) is 17.4 Å². The summed E-state index contributed by atoms with van der Waals surface area (Å²) in [4.78, 5) is 16.2. The van der Waals surface area contributed by atoms with Crippen molar-refractivity contribution in [3.63, 3.8) is 0 Å². The van der Waals surface area contributed by atoms with Gasteiger partial charge in [-0.05, 0) is 31.0 Å². The van der Waals surface area contributed by atoms with Crippen molar-refractivity contribution < 1.29 is 22.0 Å². The third kappa shape index (κ3) is 4.45. The normalized spacial score (nSPS) is 15.3. The number of rotatable bonds is 6. The van der Waals surface area contributed by atoms with E-state index in [9.17, 15) is 22.0 Å². The van der Waals surface area contributed by atoms with Gasteiger partial charge in [0.2, 0.25) is 5.91 Å². The van der Waals surface area contributed by atoms with Crippen LogP contribution in [-0.2, 0) is 14.6 Å². The highest BCUT2D eigenvalue weighted by molar-refractivity contribution is 7.92. The zero-order chi connectivity index (χ0) is 18.7. The molecule has 26 heavy (non-hydrogen) atoms. The first-order chi connectivity index (χ1) is 12.3. The molecule has 0 aliphatic heterocycles. The van der Waals surface area contributed by atoms with Gasteiger partial charge in [-0.1, -0.05) is 12.8 Å². The van der Waals surface area contributed by atoms with Crippen molar-refractivity contribution in [1.82, 2.24) is 4.98 Å². The number of nitrogens with zero attached hydrogens (tertiary/aromatic N) is 1. The van der Waals surface area contributed by atoms with Crippen molar-refractivity contribution in [3.05, 3.63) is 35.2 Å². The number of hydrogen-bond acceptors (Lipinski definition) is 5. The fourth-order valence-corrected chi connectivity index (χ4v) is 5.54. The van der Waals surface area contributed by atoms with Crippen LogP contribution in [0.15, 0.2) is 23.6 Å². The van der Waals surface area contributed by atoms with Crippen LogP contribution in [0.5, 0.6) is 0 Å². The van der Waals surface area contributed by atoms with Crippen LogP contribution in [0.3, 0.4) is 0 Å². The maximum absolute atomic E-state index is 13.3. The summed E-state index contributed by atoms with van der Waals surface area (Å²) in [7, 11) is -3.25. The van der Waals surface area contributed by atoms with Crippen LogP contribution in [0.25, 0.3) is 11.3 Å². The first-order valence-electron chi connectivity index (χ1n) is 8.27. The van der Waals surface area contributed by atoms with Crippen LogP contribution in [0.1, 0.15) is 32.1 Å². The molecular weight excluding hydrogens is 382 g/mol. The number of halogens is 2. The van der Waals surface area contributed by atoms with Crippen LogP contribution in [0, 0.1) is 11.6 Å². The van der Waals surface area contributed by atoms with Gasteiger partial charge in [-0.3, -0.25) is 4.79 Å². The Morgan fingerprint density at radius 1 is 1.23 bits per heavy atom. The SMILES string of the molecule is O=C(CCS(=O)(=O)C1CCCC1)Nc1nc(-c2ccc(F)c(F)c2)cs1. The molecule has 1 aliphatic rings. The highest BCUT2D eigenvalue weighted by atomic mass is 32.2. The van der Waals surface area contributed by atoms with Crippen molar-refractivity contribution in [1.29, 1.82) is 0 Å². The number of sulfone groups is 1. The zero-order valence-electron chi connectivity index (χ0n) is 13.9. The Labute approximate surface area is 154 Å². The van der Waals surface area contributed by atoms with Crippen molar-refractivity contribution in [2.24, 2.45) is 0 Å². The third-order valence-corrected chi connectivity index (χ3v) is 7.41. The van der Waals surface area contributed by atoms with E-state index in [-0.39, 0.29) is 22.6 Å². The predicted octanol–water partition coefficient (Wildman–Crippen LogP) is 3.77. The lowest BCUT2D eigenvalue weighted by Gasteiger charge is -2.10. The quantitative estimate of drug-likeness (QED) is 0.801. The molecule has 1 saturated carbocycles. The van der Waals surface area contributed by atoms with Crippen LogP contribution in [0.2, 0.25) is 0 Å². The number of nitrogens with one attached hydrogen (secondary N) is 1. The van der Waals surface area contributed by atoms with Gasteiger partial charge in [0.25, 0.3) is 0 Å². The molecule has 1 aliphatic carbocycles. The molecule has 1 amide bonds. The molecule has 0 atom stereocenters. The summed E-state index contributed by atoms with van der Waals surface area (Å²) in [6, 6.07) is 3.44. The molecule has 2 aromatic rings. The van der Waals surface area contributed by atoms with Crippen molar-refractivity contribution >= 4 is 32.2 Å². The monoisotopic (exact) mass is 400 g/mol. The Bertz CT molecular complexity index is 906. The molecule has 0 radical (unpaired) electrons. The van der Waals surface area contributed by atoms with Gasteiger partial charge in [0.1, 0.15) is 0 Å². The molecule has 1 aromatic heterocycles. The lowest BCUT2D eigenvalue weighted by molar-refractivity contribution is -0.115. The molecule has 5 nitrogen and oxygen atoms in total. The van der Waals surface area contributed by atoms with Crippen molar-refractivity contribution in [3.8, 4) is 11.3 Å². The molecule has 1 heterocycles. The summed E-state index contributed by atoms with van der Waals surface area (Å²) in [6.45, 7) is 0. The van der Waals surface area contributed by atoms with Gasteiger partial charge in [0.15, 0.2) is 26.6 Å². The first kappa shape index (κ1) is 18.9. The minimum atomic E-state index is -3.25. The summed E-state index contributed by atoms with van der Waals surface area (Å²) in [6.07, 6.45) is 3.06. The van der Waals surface area contributed by atoms with Crippen molar-refractivity contribution in [2.45, 2.75) is 37.4 Å². The second-order valence-corrected chi connectivity index (χ2v) is 9.50. The maximum Gasteiger partial charge on any atom is 0.227 e. The molecule has 140 valence electrons. The fraction of sp³-hybridized carbons (Fsp3) is 0.412. The Morgan fingerprint density at radius 2 is 1.96 bits per heavy atom. The molecule has 9 heteroatoms. The second-order valence-electron chi connectivity index (χ2n) is 6.24. The van der Waals surface area contributed by atoms with E-state index in [4.69, 9.17) is 0 Å². The van der Waals surface area contributed by atoms with Gasteiger partial charge in [-0.15, -0.1) is 11.3 Å². The predicted molar refractivity (Wildman–Crippen MR) is 96.8 cm³/mol. The average molecular weight is 400 g/mol. The van der Waals surface area contributed by atoms with Crippen LogP contribution in [0.4, 0.5) is 13.9 Å². The van der Waals surface area contributed by atoms with Crippen LogP contribution >= 0.6 is 11.3 Å². The van der Waals surface area contributed by atoms with Gasteiger partial charge in [-0.2, -0.15) is 0 Å². The van der Waals surface area contributed by atoms with Gasteiger partial charge < -0.3 is 5.32 Å². The molecule has 1 aromatic carbocycles. The number of amides is 1. The zero-order valence-corrected chi connectivity index (χ0v) is 15.5. The van der Waals surface area contributed by atoms with Gasteiger partial charge in [0.05, 0.1) is 16.7 Å². The largest absolute Gasteiger partial charge is 0.302 e. The molecule has 1 fully saturated rings. The number of thiazole rings is 1. The fourth-order valence-electron chi connectivity index (χ4n) is 2.95. The summed E-state index contributed by atoms with van der Waals surface area (Å²) in [5, 5.41) is 4.13. The second kappa shape index (κ2) is 7.79. The highest BCUT2D eigenvalue weighted by Crippen LogP contribution is 2.27. The maximum atomic E-state index is 13.3. The smallest absolute Gasteiger partial charge is 0.227 e. The van der Waals surface area contributed by atoms with E-state index in [1.807, 2.05) is 0 Å². The van der Waals surface area contributed by atoms with E-state index in [0.29, 0.717) is 24.1 Å². The molecular formula is C17H18F2N2O3S2. The standard InChI is InChI=1S/C17H18F2N2O3S2/c18-13-6-5-11(9-14(13)19)15-10-25-17(20-15)21-16(22)7-8-26(23,24)12-3-1-2-4-12/h5-6,9-10,12H,1-4,7-8H2,(H,20,21,22). The van der Waals surface area contributed by atoms with E-state index < -0.39 is 27.4 Å². The summed E-state index contributed by atoms with van der Waals surface area (Å²) < 4.78 is 50.6. The number of aromatic nitrogens is 1. The highest BCUT2D eigenvalue weighted by Gasteiger charge is 2.28. The number of carbonyl (C=O) groups excluding carboxylic acids is 1. The first-order valence-corrected chi connectivity index (χ1v) is 10.9. The van der Waals surface area contributed by atoms with Crippen molar-refractivity contribution in [2.75, 3.05) is 11.1 Å². The van der Waals surface area contributed by atoms with E-state index >= 15 is 0 Å². The molecule has 1 N–H and O–H groups in total. The molecule has 3 rings (SSSR count). The molecule has 0 unspecified atom stereocenters. The Balaban J connectivity index is 1.58. The summed E-state index contributed by atoms with van der Waals surface area (Å²) >= 11 is 1.13. The van der Waals surface area contributed by atoms with E-state index in [1.54, 1.807) is 5.38 Å². The molecule has 0 spiro atoms. The topological polar surface area (TPSA) is 76.1 Å². The Kier molecular flexibility index (Phi) is 5.67. The van der Waals surface area contributed by atoms with Crippen LogP contribution in [-0.4, -0.2) is 30.3 Å². The summed E-state index contributed by atoms with van der Waals surface area (Å²) in [5.41, 5.74) is 0.798. The van der Waals surface area contributed by atoms with E-state index in [1.165, 1.54) is 6.07 Å². The average Bonchev–Trinajstić information content (AvgIpc) is 3.28. The van der Waals surface area contributed by atoms with Gasteiger partial charge in [-0.25, -0.2) is 22.2 Å². The number of hydrogen-bond donors (Lipinski definition) is 1. The molecule has 0 bridgehead atoms. The lowest BCUT2D eigenvalue weighted by atomic mass is 10.2. The van der Waals surface area contributed by atoms with E-state index in [0.717, 1.165) is 36.3 Å². The van der Waals surface area contributed by atoms with Crippen LogP contribution < -0.4 is 5.32 Å². The minimum absolute atomic E-state index is 0.126. The lowest BCUT2D eigenvalue weighted by Crippen LogP contribution is -2.24. The number of carbonyl (C=O) groups is 1. The summed E-state index contributed by atoms with van der Waals surface area (Å²) in [5.74, 6) is -2.53.